The number of rotatable bonds is 4. The van der Waals surface area contributed by atoms with E-state index in [1.54, 1.807) is 5.57 Å². The molecule has 0 heterocycles. The van der Waals surface area contributed by atoms with Gasteiger partial charge in [-0.2, -0.15) is 0 Å². The molecule has 0 radical (unpaired) electrons. The molecule has 2 heteroatoms. The lowest BCUT2D eigenvalue weighted by atomic mass is 9.47. The summed E-state index contributed by atoms with van der Waals surface area (Å²) < 4.78 is 0. The van der Waals surface area contributed by atoms with Crippen molar-refractivity contribution in [3.05, 3.63) is 23.8 Å². The van der Waals surface area contributed by atoms with E-state index in [4.69, 9.17) is 0 Å². The highest BCUT2D eigenvalue weighted by molar-refractivity contribution is 5.91. The predicted molar refractivity (Wildman–Crippen MR) is 119 cm³/mol. The van der Waals surface area contributed by atoms with Gasteiger partial charge in [-0.3, -0.25) is 4.79 Å². The molecule has 0 bridgehead atoms. The van der Waals surface area contributed by atoms with Crippen LogP contribution >= 0.6 is 0 Å². The summed E-state index contributed by atoms with van der Waals surface area (Å²) in [5.74, 6) is 3.86. The van der Waals surface area contributed by atoms with E-state index in [0.29, 0.717) is 17.3 Å². The summed E-state index contributed by atoms with van der Waals surface area (Å²) >= 11 is 0. The number of carbonyl (C=O) groups excluding carboxylic acids is 1. The highest BCUT2D eigenvalue weighted by atomic mass is 16.3. The number of ketones is 1. The van der Waals surface area contributed by atoms with E-state index < -0.39 is 0 Å². The van der Waals surface area contributed by atoms with Crippen molar-refractivity contribution in [1.82, 2.24) is 0 Å². The van der Waals surface area contributed by atoms with Gasteiger partial charge in [-0.15, -0.1) is 0 Å². The van der Waals surface area contributed by atoms with Gasteiger partial charge in [0.1, 0.15) is 0 Å². The number of allylic oxidation sites excluding steroid dienone is 4. The van der Waals surface area contributed by atoms with Crippen LogP contribution in [0, 0.1) is 46.3 Å². The largest absolute Gasteiger partial charge is 0.393 e. The summed E-state index contributed by atoms with van der Waals surface area (Å²) in [5, 5.41) is 10.4. The van der Waals surface area contributed by atoms with E-state index >= 15 is 0 Å². The minimum absolute atomic E-state index is 0.0932. The Morgan fingerprint density at radius 2 is 1.90 bits per heavy atom. The minimum atomic E-state index is -0.107. The van der Waals surface area contributed by atoms with Crippen LogP contribution in [0.5, 0.6) is 0 Å². The van der Waals surface area contributed by atoms with Crippen LogP contribution in [0.15, 0.2) is 23.8 Å². The van der Waals surface area contributed by atoms with Crippen molar-refractivity contribution in [2.75, 3.05) is 0 Å². The quantitative estimate of drug-likeness (QED) is 0.443. The van der Waals surface area contributed by atoms with Crippen LogP contribution in [-0.4, -0.2) is 17.0 Å². The molecule has 1 N–H and O–H groups in total. The molecular formula is C27H42O2. The Bertz CT molecular complexity index is 703. The fourth-order valence-corrected chi connectivity index (χ4v) is 8.22. The molecule has 0 amide bonds. The Morgan fingerprint density at radius 1 is 1.14 bits per heavy atom. The first kappa shape index (κ1) is 21.3. The van der Waals surface area contributed by atoms with Gasteiger partial charge in [0, 0.05) is 5.92 Å². The Morgan fingerprint density at radius 3 is 2.62 bits per heavy atom. The number of aliphatic hydroxyl groups excluding tert-OH is 1. The van der Waals surface area contributed by atoms with Crippen molar-refractivity contribution in [3.8, 4) is 0 Å². The van der Waals surface area contributed by atoms with Gasteiger partial charge in [-0.05, 0) is 97.9 Å². The van der Waals surface area contributed by atoms with Crippen LogP contribution in [0.3, 0.4) is 0 Å². The molecule has 0 spiro atoms. The first-order valence-electron chi connectivity index (χ1n) is 12.3. The zero-order valence-corrected chi connectivity index (χ0v) is 19.3. The molecule has 8 atom stereocenters. The van der Waals surface area contributed by atoms with Gasteiger partial charge in [-0.25, -0.2) is 0 Å². The molecule has 1 unspecified atom stereocenters. The highest BCUT2D eigenvalue weighted by Gasteiger charge is 2.59. The fourth-order valence-electron chi connectivity index (χ4n) is 8.22. The third kappa shape index (κ3) is 3.48. The van der Waals surface area contributed by atoms with Gasteiger partial charge < -0.3 is 5.11 Å². The number of aliphatic hydroxyl groups is 1. The molecule has 4 aliphatic carbocycles. The van der Waals surface area contributed by atoms with Crippen molar-refractivity contribution in [2.45, 2.75) is 92.1 Å². The SMILES string of the molecule is CC(C)C(=O)C=C[C@@H](C)[C@H]1CC[C@H]2[C@@H]3CC=C4CCC(O)C[C@]4(C)[C@H]3CC[C@]12C. The molecular weight excluding hydrogens is 356 g/mol. The van der Waals surface area contributed by atoms with Crippen molar-refractivity contribution in [3.63, 3.8) is 0 Å². The monoisotopic (exact) mass is 398 g/mol. The lowest BCUT2D eigenvalue weighted by Crippen LogP contribution is -2.51. The first-order chi connectivity index (χ1) is 13.7. The zero-order valence-electron chi connectivity index (χ0n) is 19.3. The summed E-state index contributed by atoms with van der Waals surface area (Å²) in [5.41, 5.74) is 2.29. The van der Waals surface area contributed by atoms with Crippen molar-refractivity contribution in [1.29, 1.82) is 0 Å². The molecule has 4 rings (SSSR count). The molecule has 3 saturated carbocycles. The van der Waals surface area contributed by atoms with Gasteiger partial charge in [0.15, 0.2) is 5.78 Å². The summed E-state index contributed by atoms with van der Waals surface area (Å²) in [6.45, 7) is 11.3. The fraction of sp³-hybridized carbons (Fsp3) is 0.815. The predicted octanol–water partition coefficient (Wildman–Crippen LogP) is 6.34. The molecule has 4 aliphatic rings. The maximum Gasteiger partial charge on any atom is 0.157 e. The van der Waals surface area contributed by atoms with E-state index in [1.807, 2.05) is 19.9 Å². The van der Waals surface area contributed by atoms with Gasteiger partial charge in [0.05, 0.1) is 6.10 Å². The molecule has 0 aromatic rings. The molecule has 0 aromatic heterocycles. The lowest BCUT2D eigenvalue weighted by Gasteiger charge is -2.58. The van der Waals surface area contributed by atoms with Gasteiger partial charge in [0.25, 0.3) is 0 Å². The first-order valence-corrected chi connectivity index (χ1v) is 12.3. The molecule has 3 fully saturated rings. The highest BCUT2D eigenvalue weighted by Crippen LogP contribution is 2.67. The summed E-state index contributed by atoms with van der Waals surface area (Å²) in [6.07, 6.45) is 16.1. The van der Waals surface area contributed by atoms with Crippen molar-refractivity contribution >= 4 is 5.78 Å². The molecule has 0 aromatic carbocycles. The summed E-state index contributed by atoms with van der Waals surface area (Å²) in [4.78, 5) is 12.1. The maximum atomic E-state index is 12.1. The molecule has 0 aliphatic heterocycles. The van der Waals surface area contributed by atoms with E-state index in [-0.39, 0.29) is 23.2 Å². The van der Waals surface area contributed by atoms with Crippen molar-refractivity contribution in [2.24, 2.45) is 46.3 Å². The molecule has 0 saturated heterocycles. The number of carbonyl (C=O) groups is 1. The second kappa shape index (κ2) is 7.66. The van der Waals surface area contributed by atoms with E-state index in [2.05, 4.69) is 32.9 Å². The van der Waals surface area contributed by atoms with E-state index in [1.165, 1.54) is 32.1 Å². The second-order valence-corrected chi connectivity index (χ2v) is 11.7. The Hall–Kier alpha value is -0.890. The second-order valence-electron chi connectivity index (χ2n) is 11.7. The van der Waals surface area contributed by atoms with Crippen molar-refractivity contribution < 1.29 is 9.90 Å². The number of fused-ring (bicyclic) bond motifs is 5. The van der Waals surface area contributed by atoms with E-state index in [0.717, 1.165) is 37.0 Å². The molecule has 29 heavy (non-hydrogen) atoms. The van der Waals surface area contributed by atoms with Crippen LogP contribution < -0.4 is 0 Å². The third-order valence-corrected chi connectivity index (χ3v) is 9.87. The third-order valence-electron chi connectivity index (χ3n) is 9.87. The maximum absolute atomic E-state index is 12.1. The molecule has 162 valence electrons. The average Bonchev–Trinajstić information content (AvgIpc) is 3.02. The van der Waals surface area contributed by atoms with Crippen LogP contribution in [0.25, 0.3) is 0 Å². The minimum Gasteiger partial charge on any atom is -0.393 e. The average molecular weight is 399 g/mol. The Kier molecular flexibility index (Phi) is 5.64. The normalized spacial score (nSPS) is 45.5. The zero-order chi connectivity index (χ0) is 21.0. The van der Waals surface area contributed by atoms with Gasteiger partial charge in [-0.1, -0.05) is 52.3 Å². The van der Waals surface area contributed by atoms with Crippen LogP contribution in [-0.2, 0) is 4.79 Å². The number of hydrogen-bond donors (Lipinski definition) is 1. The van der Waals surface area contributed by atoms with Crippen LogP contribution in [0.2, 0.25) is 0 Å². The van der Waals surface area contributed by atoms with Crippen LogP contribution in [0.4, 0.5) is 0 Å². The lowest BCUT2D eigenvalue weighted by molar-refractivity contribution is -0.117. The Balaban J connectivity index is 1.54. The topological polar surface area (TPSA) is 37.3 Å². The van der Waals surface area contributed by atoms with Crippen LogP contribution in [0.1, 0.15) is 86.0 Å². The molecule has 2 nitrogen and oxygen atoms in total. The smallest absolute Gasteiger partial charge is 0.157 e. The summed E-state index contributed by atoms with van der Waals surface area (Å²) in [6, 6.07) is 0. The summed E-state index contributed by atoms with van der Waals surface area (Å²) in [7, 11) is 0. The van der Waals surface area contributed by atoms with Gasteiger partial charge in [0.2, 0.25) is 0 Å². The van der Waals surface area contributed by atoms with E-state index in [9.17, 15) is 9.90 Å². The van der Waals surface area contributed by atoms with Gasteiger partial charge >= 0.3 is 0 Å². The Labute approximate surface area is 178 Å². The standard InChI is InChI=1S/C27H42O2/c1-17(2)25(29)13-6-18(3)22-11-12-23-21-10-8-19-7-9-20(28)16-27(19,5)24(21)14-15-26(22,23)4/h6,8,13,17-18,20-24,28H,7,9-12,14-16H2,1-5H3/t18-,20?,21+,22-,23+,24+,26-,27+/m1/s1. The number of hydrogen-bond acceptors (Lipinski definition) is 2.